The zero-order valence-corrected chi connectivity index (χ0v) is 12.8. The Morgan fingerprint density at radius 1 is 1.35 bits per heavy atom. The zero-order chi connectivity index (χ0) is 14.4. The molecule has 0 bridgehead atoms. The van der Waals surface area contributed by atoms with Gasteiger partial charge in [-0.3, -0.25) is 0 Å². The lowest BCUT2D eigenvalue weighted by molar-refractivity contribution is 0.143. The Hall–Kier alpha value is -0.900. The summed E-state index contributed by atoms with van der Waals surface area (Å²) in [7, 11) is 0. The third kappa shape index (κ3) is 4.05. The Kier molecular flexibility index (Phi) is 6.02. The van der Waals surface area contributed by atoms with E-state index in [0.29, 0.717) is 12.0 Å². The number of hydrogen-bond acceptors (Lipinski definition) is 3. The average Bonchev–Trinajstić information content (AvgIpc) is 2.53. The molecule has 1 aromatic rings. The quantitative estimate of drug-likeness (QED) is 0.837. The van der Waals surface area contributed by atoms with E-state index in [9.17, 15) is 5.11 Å². The minimum Gasteiger partial charge on any atom is -0.394 e. The second-order valence-electron chi connectivity index (χ2n) is 5.90. The van der Waals surface area contributed by atoms with Crippen LogP contribution in [0.3, 0.4) is 0 Å². The first-order valence-electron chi connectivity index (χ1n) is 7.88. The van der Waals surface area contributed by atoms with Crippen molar-refractivity contribution >= 4 is 0 Å². The summed E-state index contributed by atoms with van der Waals surface area (Å²) >= 11 is 0. The van der Waals surface area contributed by atoms with Crippen molar-refractivity contribution in [2.75, 3.05) is 26.2 Å². The normalized spacial score (nSPS) is 23.4. The van der Waals surface area contributed by atoms with Crippen LogP contribution in [0.5, 0.6) is 0 Å². The van der Waals surface area contributed by atoms with E-state index in [1.165, 1.54) is 31.5 Å². The zero-order valence-electron chi connectivity index (χ0n) is 12.8. The monoisotopic (exact) mass is 276 g/mol. The maximum absolute atomic E-state index is 9.65. The summed E-state index contributed by atoms with van der Waals surface area (Å²) in [6.45, 7) is 8.21. The highest BCUT2D eigenvalue weighted by Gasteiger charge is 2.25. The van der Waals surface area contributed by atoms with Gasteiger partial charge in [0.2, 0.25) is 0 Å². The van der Waals surface area contributed by atoms with Crippen LogP contribution in [0.2, 0.25) is 0 Å². The topological polar surface area (TPSA) is 35.5 Å². The predicted octanol–water partition coefficient (Wildman–Crippen LogP) is 2.43. The molecular weight excluding hydrogens is 248 g/mol. The van der Waals surface area contributed by atoms with E-state index >= 15 is 0 Å². The first kappa shape index (κ1) is 15.5. The number of hydrogen-bond donors (Lipinski definition) is 2. The lowest BCUT2D eigenvalue weighted by Gasteiger charge is -2.36. The van der Waals surface area contributed by atoms with Gasteiger partial charge in [-0.2, -0.15) is 0 Å². The number of piperidine rings is 1. The van der Waals surface area contributed by atoms with Crippen LogP contribution in [0.25, 0.3) is 0 Å². The highest BCUT2D eigenvalue weighted by atomic mass is 16.3. The second-order valence-corrected chi connectivity index (χ2v) is 5.90. The first-order valence-corrected chi connectivity index (χ1v) is 7.88. The summed E-state index contributed by atoms with van der Waals surface area (Å²) in [5, 5.41) is 13.3. The fourth-order valence-corrected chi connectivity index (χ4v) is 3.18. The second kappa shape index (κ2) is 7.77. The fourth-order valence-electron chi connectivity index (χ4n) is 3.18. The van der Waals surface area contributed by atoms with Crippen molar-refractivity contribution in [2.24, 2.45) is 5.92 Å². The van der Waals surface area contributed by atoms with Crippen LogP contribution in [0.4, 0.5) is 0 Å². The molecule has 1 fully saturated rings. The number of aliphatic hydroxyl groups excluding tert-OH is 1. The first-order chi connectivity index (χ1) is 9.74. The molecule has 0 amide bonds. The number of benzene rings is 1. The van der Waals surface area contributed by atoms with E-state index < -0.39 is 0 Å². The summed E-state index contributed by atoms with van der Waals surface area (Å²) in [6.07, 6.45) is 2.58. The minimum atomic E-state index is 0.0446. The molecule has 1 aromatic carbocycles. The van der Waals surface area contributed by atoms with Gasteiger partial charge in [-0.1, -0.05) is 37.3 Å². The summed E-state index contributed by atoms with van der Waals surface area (Å²) in [5.74, 6) is 0.682. The Balaban J connectivity index is 1.93. The van der Waals surface area contributed by atoms with Crippen molar-refractivity contribution in [1.29, 1.82) is 0 Å². The van der Waals surface area contributed by atoms with Gasteiger partial charge >= 0.3 is 0 Å². The molecule has 1 saturated heterocycles. The molecule has 2 unspecified atom stereocenters. The molecule has 112 valence electrons. The number of likely N-dealkylation sites (tertiary alicyclic amines) is 1. The van der Waals surface area contributed by atoms with E-state index in [1.54, 1.807) is 0 Å². The number of nitrogens with one attached hydrogen (secondary N) is 1. The molecule has 1 aliphatic rings. The van der Waals surface area contributed by atoms with E-state index in [4.69, 9.17) is 0 Å². The smallest absolute Gasteiger partial charge is 0.0626 e. The van der Waals surface area contributed by atoms with Crippen LogP contribution < -0.4 is 5.32 Å². The minimum absolute atomic E-state index is 0.0446. The molecule has 1 heterocycles. The SMILES string of the molecule is CCN1CCCC(C(C)N[C@@H](CO)c2ccccc2)C1. The lowest BCUT2D eigenvalue weighted by Crippen LogP contribution is -2.45. The molecule has 20 heavy (non-hydrogen) atoms. The van der Waals surface area contributed by atoms with Crippen molar-refractivity contribution in [3.8, 4) is 0 Å². The van der Waals surface area contributed by atoms with Crippen LogP contribution >= 0.6 is 0 Å². The fraction of sp³-hybridized carbons (Fsp3) is 0.647. The standard InChI is InChI=1S/C17H28N2O/c1-3-19-11-7-10-16(12-19)14(2)18-17(13-20)15-8-5-4-6-9-15/h4-6,8-9,14,16-18,20H,3,7,10-13H2,1-2H3/t14?,16?,17-/m0/s1. The molecule has 0 saturated carbocycles. The molecule has 1 aliphatic heterocycles. The van der Waals surface area contributed by atoms with Gasteiger partial charge in [0, 0.05) is 12.6 Å². The van der Waals surface area contributed by atoms with Crippen LogP contribution in [-0.2, 0) is 0 Å². The van der Waals surface area contributed by atoms with Crippen molar-refractivity contribution in [3.05, 3.63) is 35.9 Å². The molecule has 3 atom stereocenters. The van der Waals surface area contributed by atoms with Gasteiger partial charge in [-0.25, -0.2) is 0 Å². The van der Waals surface area contributed by atoms with E-state index in [0.717, 1.165) is 6.54 Å². The molecule has 2 rings (SSSR count). The summed E-state index contributed by atoms with van der Waals surface area (Å²) in [6, 6.07) is 10.7. The molecule has 0 radical (unpaired) electrons. The largest absolute Gasteiger partial charge is 0.394 e. The molecule has 2 N–H and O–H groups in total. The average molecular weight is 276 g/mol. The van der Waals surface area contributed by atoms with Gasteiger partial charge < -0.3 is 15.3 Å². The maximum atomic E-state index is 9.65. The van der Waals surface area contributed by atoms with Gasteiger partial charge in [0.15, 0.2) is 0 Å². The summed E-state index contributed by atoms with van der Waals surface area (Å²) < 4.78 is 0. The molecule has 3 heteroatoms. The number of nitrogens with zero attached hydrogens (tertiary/aromatic N) is 1. The Labute approximate surface area is 123 Å². The number of rotatable bonds is 6. The van der Waals surface area contributed by atoms with Gasteiger partial charge in [-0.05, 0) is 44.3 Å². The van der Waals surface area contributed by atoms with Crippen molar-refractivity contribution in [1.82, 2.24) is 10.2 Å². The number of aliphatic hydroxyl groups is 1. The molecule has 0 aromatic heterocycles. The molecular formula is C17H28N2O. The molecule has 0 aliphatic carbocycles. The predicted molar refractivity (Wildman–Crippen MR) is 83.7 cm³/mol. The van der Waals surface area contributed by atoms with E-state index in [-0.39, 0.29) is 12.6 Å². The van der Waals surface area contributed by atoms with Gasteiger partial charge in [0.1, 0.15) is 0 Å². The highest BCUT2D eigenvalue weighted by Crippen LogP contribution is 2.22. The van der Waals surface area contributed by atoms with Crippen molar-refractivity contribution in [3.63, 3.8) is 0 Å². The van der Waals surface area contributed by atoms with Crippen LogP contribution in [0.1, 0.15) is 38.3 Å². The van der Waals surface area contributed by atoms with E-state index in [1.807, 2.05) is 18.2 Å². The molecule has 0 spiro atoms. The third-order valence-corrected chi connectivity index (χ3v) is 4.54. The van der Waals surface area contributed by atoms with Crippen LogP contribution in [-0.4, -0.2) is 42.3 Å². The van der Waals surface area contributed by atoms with Crippen molar-refractivity contribution in [2.45, 2.75) is 38.8 Å². The Morgan fingerprint density at radius 2 is 2.10 bits per heavy atom. The van der Waals surface area contributed by atoms with E-state index in [2.05, 4.69) is 36.2 Å². The van der Waals surface area contributed by atoms with Gasteiger partial charge in [0.25, 0.3) is 0 Å². The Morgan fingerprint density at radius 3 is 2.75 bits per heavy atom. The van der Waals surface area contributed by atoms with Crippen LogP contribution in [0.15, 0.2) is 30.3 Å². The molecule has 3 nitrogen and oxygen atoms in total. The summed E-state index contributed by atoms with van der Waals surface area (Å²) in [4.78, 5) is 2.53. The van der Waals surface area contributed by atoms with Crippen molar-refractivity contribution < 1.29 is 5.11 Å². The summed E-state index contributed by atoms with van der Waals surface area (Å²) in [5.41, 5.74) is 1.17. The maximum Gasteiger partial charge on any atom is 0.0626 e. The highest BCUT2D eigenvalue weighted by molar-refractivity contribution is 5.19. The lowest BCUT2D eigenvalue weighted by atomic mass is 9.90. The van der Waals surface area contributed by atoms with Gasteiger partial charge in [0.05, 0.1) is 12.6 Å². The Bertz CT molecular complexity index is 382. The third-order valence-electron chi connectivity index (χ3n) is 4.54. The van der Waals surface area contributed by atoms with Crippen LogP contribution in [0, 0.1) is 5.92 Å². The van der Waals surface area contributed by atoms with Gasteiger partial charge in [-0.15, -0.1) is 0 Å².